The van der Waals surface area contributed by atoms with E-state index in [0.717, 1.165) is 17.8 Å². The van der Waals surface area contributed by atoms with Gasteiger partial charge >= 0.3 is 0 Å². The molecule has 4 nitrogen and oxygen atoms in total. The zero-order chi connectivity index (χ0) is 14.7. The van der Waals surface area contributed by atoms with Crippen LogP contribution in [0.1, 0.15) is 50.4 Å². The summed E-state index contributed by atoms with van der Waals surface area (Å²) in [6, 6.07) is 4.87. The average molecular weight is 295 g/mol. The van der Waals surface area contributed by atoms with E-state index in [4.69, 9.17) is 16.1 Å². The maximum Gasteiger partial charge on any atom is 0.231 e. The first-order chi connectivity index (χ1) is 9.45. The molecule has 2 aromatic rings. The van der Waals surface area contributed by atoms with Crippen LogP contribution in [0.15, 0.2) is 22.7 Å². The SMILES string of the molecule is CC(C)CC(C)c1noc(Cc2ccc(O)cc2Cl)n1. The van der Waals surface area contributed by atoms with Crippen LogP contribution in [0.5, 0.6) is 5.75 Å². The quantitative estimate of drug-likeness (QED) is 0.899. The zero-order valence-corrected chi connectivity index (χ0v) is 12.7. The van der Waals surface area contributed by atoms with E-state index in [1.807, 2.05) is 0 Å². The first kappa shape index (κ1) is 14.9. The highest BCUT2D eigenvalue weighted by atomic mass is 35.5. The van der Waals surface area contributed by atoms with Gasteiger partial charge in [0.05, 0.1) is 6.42 Å². The minimum atomic E-state index is 0.149. The van der Waals surface area contributed by atoms with Gasteiger partial charge in [0, 0.05) is 10.9 Å². The third-order valence-electron chi connectivity index (χ3n) is 3.13. The van der Waals surface area contributed by atoms with Crippen LogP contribution < -0.4 is 0 Å². The maximum atomic E-state index is 9.33. The number of benzene rings is 1. The molecule has 0 aliphatic carbocycles. The summed E-state index contributed by atoms with van der Waals surface area (Å²) in [5, 5.41) is 13.9. The van der Waals surface area contributed by atoms with E-state index in [2.05, 4.69) is 30.9 Å². The van der Waals surface area contributed by atoms with Gasteiger partial charge in [-0.25, -0.2) is 0 Å². The molecule has 0 aliphatic rings. The summed E-state index contributed by atoms with van der Waals surface area (Å²) in [7, 11) is 0. The Morgan fingerprint density at radius 2 is 2.05 bits per heavy atom. The van der Waals surface area contributed by atoms with Gasteiger partial charge in [-0.2, -0.15) is 4.98 Å². The van der Waals surface area contributed by atoms with E-state index in [1.165, 1.54) is 6.07 Å². The molecule has 0 aliphatic heterocycles. The summed E-state index contributed by atoms with van der Waals surface area (Å²) in [5.74, 6) is 2.31. The smallest absolute Gasteiger partial charge is 0.231 e. The second-order valence-electron chi connectivity index (χ2n) is 5.53. The Morgan fingerprint density at radius 3 is 2.70 bits per heavy atom. The van der Waals surface area contributed by atoms with Crippen LogP contribution in [0.2, 0.25) is 5.02 Å². The first-order valence-electron chi connectivity index (χ1n) is 6.75. The monoisotopic (exact) mass is 294 g/mol. The molecular formula is C15H19ClN2O2. The van der Waals surface area contributed by atoms with Crippen LogP contribution in [-0.2, 0) is 6.42 Å². The fraction of sp³-hybridized carbons (Fsp3) is 0.467. The van der Waals surface area contributed by atoms with Gasteiger partial charge in [-0.15, -0.1) is 0 Å². The molecule has 0 radical (unpaired) electrons. The Labute approximate surface area is 123 Å². The third kappa shape index (κ3) is 3.73. The molecule has 1 unspecified atom stereocenters. The number of hydrogen-bond donors (Lipinski definition) is 1. The Morgan fingerprint density at radius 1 is 1.30 bits per heavy atom. The minimum absolute atomic E-state index is 0.149. The van der Waals surface area contributed by atoms with Crippen molar-refractivity contribution in [3.63, 3.8) is 0 Å². The molecule has 0 spiro atoms. The number of halogens is 1. The van der Waals surface area contributed by atoms with Gasteiger partial charge in [0.15, 0.2) is 5.82 Å². The summed E-state index contributed by atoms with van der Waals surface area (Å²) >= 11 is 6.07. The van der Waals surface area contributed by atoms with Crippen LogP contribution in [0, 0.1) is 5.92 Å². The standard InChI is InChI=1S/C15H19ClN2O2/c1-9(2)6-10(3)15-17-14(20-18-15)7-11-4-5-12(19)8-13(11)16/h4-5,8-10,19H,6-7H2,1-3H3. The summed E-state index contributed by atoms with van der Waals surface area (Å²) in [6.07, 6.45) is 1.50. The Balaban J connectivity index is 2.09. The number of phenols is 1. The van der Waals surface area contributed by atoms with Crippen LogP contribution in [0.4, 0.5) is 0 Å². The van der Waals surface area contributed by atoms with Crippen molar-refractivity contribution < 1.29 is 9.63 Å². The molecule has 0 saturated carbocycles. The fourth-order valence-corrected chi connectivity index (χ4v) is 2.44. The molecule has 2 rings (SSSR count). The van der Waals surface area contributed by atoms with Crippen molar-refractivity contribution in [3.05, 3.63) is 40.5 Å². The number of rotatable bonds is 5. The van der Waals surface area contributed by atoms with E-state index in [9.17, 15) is 5.11 Å². The molecule has 20 heavy (non-hydrogen) atoms. The molecule has 108 valence electrons. The van der Waals surface area contributed by atoms with Gasteiger partial charge in [-0.05, 0) is 30.0 Å². The first-order valence-corrected chi connectivity index (χ1v) is 7.13. The zero-order valence-electron chi connectivity index (χ0n) is 11.9. The van der Waals surface area contributed by atoms with Gasteiger partial charge < -0.3 is 9.63 Å². The van der Waals surface area contributed by atoms with Crippen molar-refractivity contribution in [1.82, 2.24) is 10.1 Å². The summed E-state index contributed by atoms with van der Waals surface area (Å²) < 4.78 is 5.27. The average Bonchev–Trinajstić information content (AvgIpc) is 2.80. The molecule has 1 N–H and O–H groups in total. The van der Waals surface area contributed by atoms with Crippen molar-refractivity contribution in [3.8, 4) is 5.75 Å². The highest BCUT2D eigenvalue weighted by Crippen LogP contribution is 2.25. The van der Waals surface area contributed by atoms with Crippen molar-refractivity contribution >= 4 is 11.6 Å². The molecule has 0 bridgehead atoms. The second kappa shape index (κ2) is 6.27. The molecule has 1 aromatic carbocycles. The molecule has 1 atom stereocenters. The van der Waals surface area contributed by atoms with E-state index >= 15 is 0 Å². The van der Waals surface area contributed by atoms with Crippen LogP contribution in [0.3, 0.4) is 0 Å². The Hall–Kier alpha value is -1.55. The largest absolute Gasteiger partial charge is 0.508 e. The van der Waals surface area contributed by atoms with E-state index < -0.39 is 0 Å². The van der Waals surface area contributed by atoms with Crippen LogP contribution in [0.25, 0.3) is 0 Å². The number of phenolic OH excluding ortho intramolecular Hbond substituents is 1. The molecule has 5 heteroatoms. The lowest BCUT2D eigenvalue weighted by molar-refractivity contribution is 0.372. The predicted octanol–water partition coefficient (Wildman–Crippen LogP) is 4.17. The van der Waals surface area contributed by atoms with Crippen molar-refractivity contribution in [2.24, 2.45) is 5.92 Å². The maximum absolute atomic E-state index is 9.33. The number of hydrogen-bond acceptors (Lipinski definition) is 4. The van der Waals surface area contributed by atoms with Gasteiger partial charge in [0.25, 0.3) is 0 Å². The predicted molar refractivity (Wildman–Crippen MR) is 78.1 cm³/mol. The topological polar surface area (TPSA) is 59.2 Å². The highest BCUT2D eigenvalue weighted by Gasteiger charge is 2.16. The highest BCUT2D eigenvalue weighted by molar-refractivity contribution is 6.31. The van der Waals surface area contributed by atoms with Crippen LogP contribution >= 0.6 is 11.6 Å². The van der Waals surface area contributed by atoms with E-state index in [-0.39, 0.29) is 11.7 Å². The fourth-order valence-electron chi connectivity index (χ4n) is 2.20. The second-order valence-corrected chi connectivity index (χ2v) is 5.94. The molecule has 0 fully saturated rings. The third-order valence-corrected chi connectivity index (χ3v) is 3.48. The van der Waals surface area contributed by atoms with E-state index in [1.54, 1.807) is 12.1 Å². The van der Waals surface area contributed by atoms with Gasteiger partial charge in [-0.1, -0.05) is 43.6 Å². The number of nitrogens with zero attached hydrogens (tertiary/aromatic N) is 2. The number of aromatic nitrogens is 2. The molecular weight excluding hydrogens is 276 g/mol. The number of aromatic hydroxyl groups is 1. The molecule has 1 aromatic heterocycles. The molecule has 0 saturated heterocycles. The summed E-state index contributed by atoms with van der Waals surface area (Å²) in [6.45, 7) is 6.45. The van der Waals surface area contributed by atoms with E-state index in [0.29, 0.717) is 23.3 Å². The van der Waals surface area contributed by atoms with Crippen molar-refractivity contribution in [2.45, 2.75) is 39.5 Å². The van der Waals surface area contributed by atoms with Crippen molar-refractivity contribution in [1.29, 1.82) is 0 Å². The molecule has 0 amide bonds. The normalized spacial score (nSPS) is 12.8. The lowest BCUT2D eigenvalue weighted by atomic mass is 9.98. The Bertz CT molecular complexity index is 581. The minimum Gasteiger partial charge on any atom is -0.508 e. The summed E-state index contributed by atoms with van der Waals surface area (Å²) in [5.41, 5.74) is 0.858. The lowest BCUT2D eigenvalue weighted by Crippen LogP contribution is -2.01. The Kier molecular flexibility index (Phi) is 4.65. The lowest BCUT2D eigenvalue weighted by Gasteiger charge is -2.08. The molecule has 1 heterocycles. The summed E-state index contributed by atoms with van der Waals surface area (Å²) in [4.78, 5) is 4.42. The van der Waals surface area contributed by atoms with Crippen molar-refractivity contribution in [2.75, 3.05) is 0 Å². The van der Waals surface area contributed by atoms with Gasteiger partial charge in [0.2, 0.25) is 5.89 Å². The van der Waals surface area contributed by atoms with Gasteiger partial charge in [0.1, 0.15) is 5.75 Å². The van der Waals surface area contributed by atoms with Gasteiger partial charge in [-0.3, -0.25) is 0 Å². The van der Waals surface area contributed by atoms with Crippen LogP contribution in [-0.4, -0.2) is 15.2 Å².